The molecule has 0 unspecified atom stereocenters. The Kier molecular flexibility index (Phi) is 1.37. The lowest BCUT2D eigenvalue weighted by Gasteiger charge is -1.92. The lowest BCUT2D eigenvalue weighted by Crippen LogP contribution is -2.59. The first-order valence-corrected chi connectivity index (χ1v) is 3.07. The molecule has 0 amide bonds. The van der Waals surface area contributed by atoms with Crippen LogP contribution in [0.25, 0.3) is 11.3 Å². The maximum absolute atomic E-state index is 10.9. The molecule has 0 saturated carbocycles. The molecular formula is C2N8O4. The molecule has 0 N–H and O–H groups in total. The van der Waals surface area contributed by atoms with Crippen molar-refractivity contribution < 1.29 is 19.6 Å². The first kappa shape index (κ1) is 7.96. The van der Waals surface area contributed by atoms with Crippen LogP contribution < -0.4 is 19.6 Å². The lowest BCUT2D eigenvalue weighted by atomic mass is 10.7. The van der Waals surface area contributed by atoms with E-state index in [1.165, 1.54) is 0 Å². The fraction of sp³-hybridized carbons (Fsp3) is 0. The first-order valence-electron chi connectivity index (χ1n) is 3.07. The van der Waals surface area contributed by atoms with Crippen molar-refractivity contribution in [3.05, 3.63) is 20.8 Å². The van der Waals surface area contributed by atoms with Crippen LogP contribution in [-0.4, -0.2) is 20.6 Å². The van der Waals surface area contributed by atoms with E-state index >= 15 is 0 Å². The SMILES string of the molecule is [O-][n+]1nc2c(n[n+]([O-])n[n+]2[O-])[n+]([O-])n1. The lowest BCUT2D eigenvalue weighted by molar-refractivity contribution is -0.899. The van der Waals surface area contributed by atoms with Gasteiger partial charge in [0.15, 0.2) is 0 Å². The van der Waals surface area contributed by atoms with Crippen molar-refractivity contribution in [2.24, 2.45) is 0 Å². The summed E-state index contributed by atoms with van der Waals surface area (Å²) in [4.78, 5) is -1.38. The highest BCUT2D eigenvalue weighted by Gasteiger charge is 2.29. The molecule has 0 aromatic carbocycles. The third-order valence-electron chi connectivity index (χ3n) is 1.24. The number of aromatic nitrogens is 8. The van der Waals surface area contributed by atoms with E-state index in [0.717, 1.165) is 0 Å². The Morgan fingerprint density at radius 1 is 0.714 bits per heavy atom. The molecule has 0 atom stereocenters. The first-order chi connectivity index (χ1) is 6.58. The minimum absolute atomic E-state index is 0.306. The normalized spacial score (nSPS) is 10.6. The fourth-order valence-corrected chi connectivity index (χ4v) is 0.763. The summed E-state index contributed by atoms with van der Waals surface area (Å²) >= 11 is 0. The zero-order chi connectivity index (χ0) is 10.3. The minimum atomic E-state index is -0.697. The highest BCUT2D eigenvalue weighted by Crippen LogP contribution is 1.85. The summed E-state index contributed by atoms with van der Waals surface area (Å²) in [7, 11) is 0. The highest BCUT2D eigenvalue weighted by molar-refractivity contribution is 5.52. The molecule has 2 aromatic rings. The van der Waals surface area contributed by atoms with Crippen LogP contribution in [0.5, 0.6) is 0 Å². The van der Waals surface area contributed by atoms with Gasteiger partial charge in [-0.2, -0.15) is 0 Å². The second kappa shape index (κ2) is 2.41. The van der Waals surface area contributed by atoms with Gasteiger partial charge in [-0.25, -0.2) is 0 Å². The summed E-state index contributed by atoms with van der Waals surface area (Å²) < 4.78 is 0. The van der Waals surface area contributed by atoms with Crippen LogP contribution in [-0.2, 0) is 0 Å². The standard InChI is InChI=1S/C2N8O4/c11-7-1-2(4-10(14)5-7)8(12)6-9(13)3-1. The van der Waals surface area contributed by atoms with E-state index < -0.39 is 11.3 Å². The zero-order valence-electron chi connectivity index (χ0n) is 6.21. The number of hydrogen-bond acceptors (Lipinski definition) is 8. The van der Waals surface area contributed by atoms with Crippen molar-refractivity contribution in [1.82, 2.24) is 20.6 Å². The van der Waals surface area contributed by atoms with Crippen LogP contribution in [0.3, 0.4) is 0 Å². The Morgan fingerprint density at radius 2 is 1.07 bits per heavy atom. The molecule has 12 nitrogen and oxygen atoms in total. The van der Waals surface area contributed by atoms with Crippen LogP contribution in [0.15, 0.2) is 0 Å². The maximum atomic E-state index is 10.9. The summed E-state index contributed by atoms with van der Waals surface area (Å²) in [5.74, 6) is 0. The Bertz CT molecular complexity index is 465. The summed E-state index contributed by atoms with van der Waals surface area (Å²) in [5.41, 5.74) is -1.39. The van der Waals surface area contributed by atoms with Crippen molar-refractivity contribution >= 4 is 11.3 Å². The molecular weight excluding hydrogens is 200 g/mol. The van der Waals surface area contributed by atoms with Crippen LogP contribution in [0.1, 0.15) is 0 Å². The smallest absolute Gasteiger partial charge is 0.509 e. The van der Waals surface area contributed by atoms with E-state index in [-0.39, 0.29) is 19.6 Å². The van der Waals surface area contributed by atoms with Gasteiger partial charge < -0.3 is 20.8 Å². The topological polar surface area (TPSA) is 159 Å². The van der Waals surface area contributed by atoms with Crippen LogP contribution >= 0.6 is 0 Å². The van der Waals surface area contributed by atoms with Gasteiger partial charge in [0.05, 0.1) is 0 Å². The molecule has 2 heterocycles. The van der Waals surface area contributed by atoms with Gasteiger partial charge in [0.25, 0.3) is 0 Å². The molecule has 2 rings (SSSR count). The van der Waals surface area contributed by atoms with Gasteiger partial charge in [0.1, 0.15) is 20.1 Å². The molecule has 72 valence electrons. The third kappa shape index (κ3) is 1.01. The summed E-state index contributed by atoms with van der Waals surface area (Å²) in [6.45, 7) is 0. The average molecular weight is 200 g/mol. The van der Waals surface area contributed by atoms with E-state index in [1.54, 1.807) is 0 Å². The fourth-order valence-electron chi connectivity index (χ4n) is 0.763. The molecule has 2 aromatic heterocycles. The summed E-state index contributed by atoms with van der Waals surface area (Å²) in [6, 6.07) is 0. The predicted molar refractivity (Wildman–Crippen MR) is 31.0 cm³/mol. The van der Waals surface area contributed by atoms with Crippen molar-refractivity contribution in [2.75, 3.05) is 0 Å². The van der Waals surface area contributed by atoms with Gasteiger partial charge in [0.2, 0.25) is 0 Å². The maximum Gasteiger partial charge on any atom is 0.509 e. The van der Waals surface area contributed by atoms with E-state index in [1.807, 2.05) is 0 Å². The number of hydrogen-bond donors (Lipinski definition) is 0. The second-order valence-electron chi connectivity index (χ2n) is 2.08. The quantitative estimate of drug-likeness (QED) is 0.301. The molecule has 0 aliphatic heterocycles. The van der Waals surface area contributed by atoms with E-state index in [9.17, 15) is 20.8 Å². The van der Waals surface area contributed by atoms with E-state index in [4.69, 9.17) is 0 Å². The molecule has 0 aliphatic carbocycles. The Balaban J connectivity index is 2.94. The highest BCUT2D eigenvalue weighted by atomic mass is 16.6. The number of nitrogens with zero attached hydrogens (tertiary/aromatic N) is 8. The zero-order valence-corrected chi connectivity index (χ0v) is 6.21. The Labute approximate surface area is 73.5 Å². The monoisotopic (exact) mass is 200 g/mol. The van der Waals surface area contributed by atoms with Gasteiger partial charge in [-0.3, -0.25) is 0 Å². The van der Waals surface area contributed by atoms with Gasteiger partial charge >= 0.3 is 21.7 Å². The van der Waals surface area contributed by atoms with Gasteiger partial charge in [-0.05, 0) is 0 Å². The largest absolute Gasteiger partial charge is 0.588 e. The summed E-state index contributed by atoms with van der Waals surface area (Å²) in [6.07, 6.45) is 0. The molecule has 0 bridgehead atoms. The molecule has 0 saturated heterocycles. The van der Waals surface area contributed by atoms with Crippen molar-refractivity contribution in [2.45, 2.75) is 0 Å². The molecule has 14 heavy (non-hydrogen) atoms. The van der Waals surface area contributed by atoms with Gasteiger partial charge in [0, 0.05) is 9.69 Å². The third-order valence-corrected chi connectivity index (χ3v) is 1.24. The van der Waals surface area contributed by atoms with Crippen LogP contribution in [0, 0.1) is 20.8 Å². The minimum Gasteiger partial charge on any atom is -0.588 e. The van der Waals surface area contributed by atoms with Crippen molar-refractivity contribution in [3.8, 4) is 0 Å². The predicted octanol–water partition coefficient (Wildman–Crippen LogP) is -5.05. The number of fused-ring (bicyclic) bond motifs is 1. The molecule has 0 radical (unpaired) electrons. The van der Waals surface area contributed by atoms with Gasteiger partial charge in [-0.1, -0.05) is 0 Å². The summed E-state index contributed by atoms with van der Waals surface area (Å²) in [5, 5.41) is 54.1. The van der Waals surface area contributed by atoms with Crippen molar-refractivity contribution in [1.29, 1.82) is 0 Å². The Morgan fingerprint density at radius 3 is 1.43 bits per heavy atom. The van der Waals surface area contributed by atoms with E-state index in [2.05, 4.69) is 20.6 Å². The van der Waals surface area contributed by atoms with E-state index in [0.29, 0.717) is 0 Å². The van der Waals surface area contributed by atoms with Crippen LogP contribution in [0.2, 0.25) is 0 Å². The van der Waals surface area contributed by atoms with Gasteiger partial charge in [-0.15, -0.1) is 0 Å². The molecule has 0 spiro atoms. The number of rotatable bonds is 0. The Hall–Kier alpha value is -2.66. The van der Waals surface area contributed by atoms with Crippen LogP contribution in [0.4, 0.5) is 0 Å². The molecule has 0 aliphatic rings. The molecule has 0 fully saturated rings. The average Bonchev–Trinajstić information content (AvgIpc) is 2.07. The second-order valence-corrected chi connectivity index (χ2v) is 2.08. The molecule has 12 heteroatoms. The van der Waals surface area contributed by atoms with Crippen molar-refractivity contribution in [3.63, 3.8) is 0 Å².